The molecule has 0 unspecified atom stereocenters. The summed E-state index contributed by atoms with van der Waals surface area (Å²) >= 11 is 0. The standard InChI is InChI=1S/C15H16N2O4/c1-10(12-5-4-8-21-12)16-17-15(18)11-6-7-13(19-2)14(9-11)20-3/h4-9H,1-3H3,(H,17,18)/b16-10-. The molecule has 0 saturated heterocycles. The summed E-state index contributed by atoms with van der Waals surface area (Å²) in [6.45, 7) is 1.74. The Morgan fingerprint density at radius 1 is 1.19 bits per heavy atom. The van der Waals surface area contributed by atoms with E-state index in [2.05, 4.69) is 10.5 Å². The van der Waals surface area contributed by atoms with Gasteiger partial charge in [0.1, 0.15) is 11.5 Å². The van der Waals surface area contributed by atoms with Gasteiger partial charge in [-0.05, 0) is 37.3 Å². The van der Waals surface area contributed by atoms with E-state index < -0.39 is 0 Å². The number of nitrogens with one attached hydrogen (secondary N) is 1. The number of hydrogen-bond donors (Lipinski definition) is 1. The van der Waals surface area contributed by atoms with Gasteiger partial charge in [0.15, 0.2) is 11.5 Å². The van der Waals surface area contributed by atoms with Gasteiger partial charge in [0, 0.05) is 5.56 Å². The molecule has 2 aromatic rings. The van der Waals surface area contributed by atoms with Crippen LogP contribution in [0.25, 0.3) is 0 Å². The van der Waals surface area contributed by atoms with E-state index in [4.69, 9.17) is 13.9 Å². The highest BCUT2D eigenvalue weighted by atomic mass is 16.5. The van der Waals surface area contributed by atoms with Crippen LogP contribution in [0.1, 0.15) is 23.0 Å². The van der Waals surface area contributed by atoms with E-state index in [0.717, 1.165) is 0 Å². The Kier molecular flexibility index (Phi) is 4.61. The maximum absolute atomic E-state index is 12.0. The van der Waals surface area contributed by atoms with E-state index in [-0.39, 0.29) is 5.91 Å². The molecule has 0 bridgehead atoms. The molecule has 0 aliphatic heterocycles. The van der Waals surface area contributed by atoms with Crippen LogP contribution in [-0.4, -0.2) is 25.8 Å². The third-order valence-corrected chi connectivity index (χ3v) is 2.85. The van der Waals surface area contributed by atoms with Gasteiger partial charge in [-0.1, -0.05) is 0 Å². The van der Waals surface area contributed by atoms with Gasteiger partial charge in [0.25, 0.3) is 5.91 Å². The molecule has 0 aliphatic carbocycles. The molecule has 1 aromatic carbocycles. The van der Waals surface area contributed by atoms with Gasteiger partial charge in [0.05, 0.1) is 20.5 Å². The highest BCUT2D eigenvalue weighted by Crippen LogP contribution is 2.27. The number of hydrazone groups is 1. The highest BCUT2D eigenvalue weighted by molar-refractivity contribution is 5.99. The minimum absolute atomic E-state index is 0.346. The van der Waals surface area contributed by atoms with Crippen molar-refractivity contribution in [1.29, 1.82) is 0 Å². The van der Waals surface area contributed by atoms with Crippen molar-refractivity contribution in [3.8, 4) is 11.5 Å². The summed E-state index contributed by atoms with van der Waals surface area (Å²) in [5, 5.41) is 3.99. The first-order chi connectivity index (χ1) is 10.2. The smallest absolute Gasteiger partial charge is 0.271 e. The van der Waals surface area contributed by atoms with Gasteiger partial charge in [-0.3, -0.25) is 4.79 Å². The predicted molar refractivity (Wildman–Crippen MR) is 77.9 cm³/mol. The van der Waals surface area contributed by atoms with Gasteiger partial charge in [-0.2, -0.15) is 5.10 Å². The minimum Gasteiger partial charge on any atom is -0.493 e. The largest absolute Gasteiger partial charge is 0.493 e. The van der Waals surface area contributed by atoms with Crippen molar-refractivity contribution in [3.63, 3.8) is 0 Å². The maximum atomic E-state index is 12.0. The van der Waals surface area contributed by atoms with Crippen LogP contribution in [0.2, 0.25) is 0 Å². The van der Waals surface area contributed by atoms with Gasteiger partial charge >= 0.3 is 0 Å². The summed E-state index contributed by atoms with van der Waals surface area (Å²) in [6, 6.07) is 8.41. The molecule has 0 atom stereocenters. The van der Waals surface area contributed by atoms with Crippen molar-refractivity contribution in [2.24, 2.45) is 5.10 Å². The lowest BCUT2D eigenvalue weighted by Crippen LogP contribution is -2.19. The molecular formula is C15H16N2O4. The molecule has 0 aliphatic rings. The van der Waals surface area contributed by atoms with Crippen molar-refractivity contribution < 1.29 is 18.7 Å². The van der Waals surface area contributed by atoms with E-state index in [1.807, 2.05) is 0 Å². The Morgan fingerprint density at radius 2 is 1.95 bits per heavy atom. The predicted octanol–water partition coefficient (Wildman–Crippen LogP) is 2.45. The Labute approximate surface area is 122 Å². The fourth-order valence-corrected chi connectivity index (χ4v) is 1.72. The van der Waals surface area contributed by atoms with E-state index in [9.17, 15) is 4.79 Å². The zero-order valence-electron chi connectivity index (χ0n) is 12.0. The van der Waals surface area contributed by atoms with Crippen molar-refractivity contribution in [2.45, 2.75) is 6.92 Å². The first kappa shape index (κ1) is 14.6. The molecule has 21 heavy (non-hydrogen) atoms. The molecule has 0 fully saturated rings. The van der Waals surface area contributed by atoms with Crippen LogP contribution in [0.4, 0.5) is 0 Å². The number of amides is 1. The van der Waals surface area contributed by atoms with Crippen molar-refractivity contribution in [2.75, 3.05) is 14.2 Å². The van der Waals surface area contributed by atoms with Crippen LogP contribution < -0.4 is 14.9 Å². The van der Waals surface area contributed by atoms with E-state index in [1.54, 1.807) is 43.5 Å². The number of furan rings is 1. The zero-order valence-corrected chi connectivity index (χ0v) is 12.0. The van der Waals surface area contributed by atoms with Gasteiger partial charge in [-0.15, -0.1) is 0 Å². The topological polar surface area (TPSA) is 73.1 Å². The Bertz CT molecular complexity index is 648. The van der Waals surface area contributed by atoms with Gasteiger partial charge < -0.3 is 13.9 Å². The Balaban J connectivity index is 2.12. The molecule has 1 N–H and O–H groups in total. The minimum atomic E-state index is -0.346. The fourth-order valence-electron chi connectivity index (χ4n) is 1.72. The first-order valence-electron chi connectivity index (χ1n) is 6.26. The number of rotatable bonds is 5. The summed E-state index contributed by atoms with van der Waals surface area (Å²) in [4.78, 5) is 12.0. The number of hydrogen-bond acceptors (Lipinski definition) is 5. The lowest BCUT2D eigenvalue weighted by molar-refractivity contribution is 0.0954. The van der Waals surface area contributed by atoms with Crippen molar-refractivity contribution in [1.82, 2.24) is 5.43 Å². The second-order valence-corrected chi connectivity index (χ2v) is 4.19. The molecule has 0 spiro atoms. The van der Waals surface area contributed by atoms with Crippen LogP contribution in [-0.2, 0) is 0 Å². The SMILES string of the molecule is COc1ccc(C(=O)N/N=C(/C)c2ccco2)cc1OC. The number of ether oxygens (including phenoxy) is 2. The number of nitrogens with zero attached hydrogens (tertiary/aromatic N) is 1. The summed E-state index contributed by atoms with van der Waals surface area (Å²) in [5.74, 6) is 1.30. The fraction of sp³-hybridized carbons (Fsp3) is 0.200. The lowest BCUT2D eigenvalue weighted by atomic mass is 10.2. The number of carbonyl (C=O) groups is 1. The third kappa shape index (κ3) is 3.42. The molecule has 2 rings (SSSR count). The zero-order chi connectivity index (χ0) is 15.2. The van der Waals surface area contributed by atoms with Crippen LogP contribution in [0, 0.1) is 0 Å². The van der Waals surface area contributed by atoms with Crippen molar-refractivity contribution in [3.05, 3.63) is 47.9 Å². The Morgan fingerprint density at radius 3 is 2.57 bits per heavy atom. The van der Waals surface area contributed by atoms with E-state index in [0.29, 0.717) is 28.5 Å². The molecule has 1 amide bonds. The molecule has 6 nitrogen and oxygen atoms in total. The second-order valence-electron chi connectivity index (χ2n) is 4.19. The van der Waals surface area contributed by atoms with Crippen LogP contribution in [0.3, 0.4) is 0 Å². The summed E-state index contributed by atoms with van der Waals surface area (Å²) in [5.41, 5.74) is 3.47. The highest BCUT2D eigenvalue weighted by Gasteiger charge is 2.10. The molecule has 110 valence electrons. The molecule has 1 heterocycles. The maximum Gasteiger partial charge on any atom is 0.271 e. The monoisotopic (exact) mass is 288 g/mol. The number of carbonyl (C=O) groups excluding carboxylic acids is 1. The van der Waals surface area contributed by atoms with Gasteiger partial charge in [-0.25, -0.2) is 5.43 Å². The van der Waals surface area contributed by atoms with E-state index in [1.165, 1.54) is 14.2 Å². The van der Waals surface area contributed by atoms with Crippen LogP contribution >= 0.6 is 0 Å². The normalized spacial score (nSPS) is 11.1. The molecule has 6 heteroatoms. The average molecular weight is 288 g/mol. The summed E-state index contributed by atoms with van der Waals surface area (Å²) in [6.07, 6.45) is 1.55. The lowest BCUT2D eigenvalue weighted by Gasteiger charge is -2.08. The average Bonchev–Trinajstić information content (AvgIpc) is 3.06. The molecule has 0 saturated carbocycles. The number of methoxy groups -OCH3 is 2. The van der Waals surface area contributed by atoms with Crippen LogP contribution in [0.15, 0.2) is 46.1 Å². The van der Waals surface area contributed by atoms with Gasteiger partial charge in [0.2, 0.25) is 0 Å². The molecule has 1 aromatic heterocycles. The second kappa shape index (κ2) is 6.60. The number of benzene rings is 1. The third-order valence-electron chi connectivity index (χ3n) is 2.85. The Hall–Kier alpha value is -2.76. The quantitative estimate of drug-likeness (QED) is 0.677. The van der Waals surface area contributed by atoms with Crippen molar-refractivity contribution >= 4 is 11.6 Å². The first-order valence-corrected chi connectivity index (χ1v) is 6.26. The van der Waals surface area contributed by atoms with Crippen LogP contribution in [0.5, 0.6) is 11.5 Å². The molecule has 0 radical (unpaired) electrons. The summed E-state index contributed by atoms with van der Waals surface area (Å²) in [7, 11) is 3.05. The van der Waals surface area contributed by atoms with E-state index >= 15 is 0 Å². The summed E-state index contributed by atoms with van der Waals surface area (Å²) < 4.78 is 15.5. The molecular weight excluding hydrogens is 272 g/mol.